The number of fused-ring (bicyclic) bond motifs is 6. The molecule has 5 aromatic rings. The Labute approximate surface area is 270 Å². The Bertz CT molecular complexity index is 2220. The van der Waals surface area contributed by atoms with Gasteiger partial charge in [-0.2, -0.15) is 21.4 Å². The average molecular weight is 680 g/mol. The van der Waals surface area contributed by atoms with Crippen LogP contribution < -0.4 is 9.47 Å². The van der Waals surface area contributed by atoms with Crippen molar-refractivity contribution >= 4 is 86.9 Å². The molecule has 2 heterocycles. The molecule has 0 atom stereocenters. The van der Waals surface area contributed by atoms with E-state index in [0.717, 1.165) is 52.4 Å². The highest BCUT2D eigenvalue weighted by molar-refractivity contribution is 8.03. The van der Waals surface area contributed by atoms with Crippen LogP contribution >= 0.6 is 23.1 Å². The second kappa shape index (κ2) is 13.1. The maximum Gasteiger partial charge on any atom is 0.265 e. The van der Waals surface area contributed by atoms with Gasteiger partial charge < -0.3 is 4.90 Å². The topological polar surface area (TPSA) is 116 Å². The zero-order valence-corrected chi connectivity index (χ0v) is 27.4. The average Bonchev–Trinajstić information content (AvgIpc) is 3.53. The van der Waals surface area contributed by atoms with Crippen LogP contribution in [0.15, 0.2) is 107 Å². The first kappa shape index (κ1) is 31.5. The number of nitrogens with zero attached hydrogens (tertiary/aromatic N) is 2. The molecule has 1 aromatic heterocycles. The highest BCUT2D eigenvalue weighted by atomic mass is 32.2. The van der Waals surface area contributed by atoms with Gasteiger partial charge in [0, 0.05) is 29.3 Å². The van der Waals surface area contributed by atoms with E-state index in [1.165, 1.54) is 0 Å². The number of hydrogen-bond donors (Lipinski definition) is 2. The third-order valence-corrected chi connectivity index (χ3v) is 11.3. The fraction of sp³-hybridized carbons (Fsp3) is 0.182. The lowest BCUT2D eigenvalue weighted by atomic mass is 10.1. The molecular formula is C33H31N2O6S4+. The predicted molar refractivity (Wildman–Crippen MR) is 185 cm³/mol. The maximum absolute atomic E-state index is 11.4. The van der Waals surface area contributed by atoms with E-state index >= 15 is 0 Å². The summed E-state index contributed by atoms with van der Waals surface area (Å²) in [5.41, 5.74) is 2.07. The second-order valence-corrected chi connectivity index (χ2v) is 15.9. The molecule has 45 heavy (non-hydrogen) atoms. The lowest BCUT2D eigenvalue weighted by Crippen LogP contribution is -2.36. The quantitative estimate of drug-likeness (QED) is 0.0865. The lowest BCUT2D eigenvalue weighted by molar-refractivity contribution is -0.667. The molecule has 2 N–H and O–H groups in total. The molecule has 0 saturated heterocycles. The molecule has 6 rings (SSSR count). The Morgan fingerprint density at radius 1 is 0.756 bits per heavy atom. The number of hydrogen-bond acceptors (Lipinski definition) is 7. The van der Waals surface area contributed by atoms with E-state index < -0.39 is 20.2 Å². The number of aromatic nitrogens is 1. The largest absolute Gasteiger partial charge is 0.334 e. The maximum atomic E-state index is 11.4. The zero-order valence-electron chi connectivity index (χ0n) is 24.1. The smallest absolute Gasteiger partial charge is 0.265 e. The Morgan fingerprint density at radius 2 is 1.42 bits per heavy atom. The summed E-state index contributed by atoms with van der Waals surface area (Å²) in [6, 6.07) is 24.5. The fourth-order valence-corrected chi connectivity index (χ4v) is 8.81. The van der Waals surface area contributed by atoms with Gasteiger partial charge in [-0.15, -0.1) is 0 Å². The van der Waals surface area contributed by atoms with Gasteiger partial charge in [0.25, 0.3) is 25.2 Å². The van der Waals surface area contributed by atoms with Crippen LogP contribution in [0.2, 0.25) is 0 Å². The standard InChI is InChI=1S/C33H30N2O6S4/c36-44(37,38)22-8-20-34-30(42-28-18-16-24-10-4-6-12-26(24)32(28)34)14-2-1-3-15-31-35(21-9-23-45(39,40)41)33-27-13-7-5-11-25(27)17-19-29(33)43-31/h1-7,10-19H,8-9,20-23H2,(H-,36,37,38,39,40,41)/p+1. The highest BCUT2D eigenvalue weighted by Gasteiger charge is 2.27. The molecule has 0 radical (unpaired) electrons. The van der Waals surface area contributed by atoms with Gasteiger partial charge in [-0.1, -0.05) is 95.9 Å². The summed E-state index contributed by atoms with van der Waals surface area (Å²) in [4.78, 5) is 3.20. The van der Waals surface area contributed by atoms with Crippen molar-refractivity contribution in [2.45, 2.75) is 24.3 Å². The van der Waals surface area contributed by atoms with Crippen molar-refractivity contribution in [1.82, 2.24) is 0 Å². The zero-order chi connectivity index (χ0) is 31.6. The minimum Gasteiger partial charge on any atom is -0.334 e. The molecule has 1 aliphatic heterocycles. The highest BCUT2D eigenvalue weighted by Crippen LogP contribution is 2.49. The summed E-state index contributed by atoms with van der Waals surface area (Å²) >= 11 is 3.23. The van der Waals surface area contributed by atoms with Crippen molar-refractivity contribution in [1.29, 1.82) is 0 Å². The minimum absolute atomic E-state index is 0.279. The van der Waals surface area contributed by atoms with Crippen molar-refractivity contribution in [2.24, 2.45) is 0 Å². The summed E-state index contributed by atoms with van der Waals surface area (Å²) in [5.74, 6) is -0.621. The Morgan fingerprint density at radius 3 is 2.18 bits per heavy atom. The minimum atomic E-state index is -4.06. The van der Waals surface area contributed by atoms with Gasteiger partial charge in [-0.05, 0) is 41.5 Å². The van der Waals surface area contributed by atoms with E-state index in [4.69, 9.17) is 0 Å². The predicted octanol–water partition coefficient (Wildman–Crippen LogP) is 7.07. The summed E-state index contributed by atoms with van der Waals surface area (Å²) < 4.78 is 67.4. The summed E-state index contributed by atoms with van der Waals surface area (Å²) in [6.45, 7) is 0.866. The van der Waals surface area contributed by atoms with Crippen LogP contribution in [0.25, 0.3) is 37.8 Å². The van der Waals surface area contributed by atoms with Gasteiger partial charge in [0.05, 0.1) is 27.6 Å². The Kier molecular flexibility index (Phi) is 9.14. The van der Waals surface area contributed by atoms with Gasteiger partial charge in [-0.3, -0.25) is 9.11 Å². The van der Waals surface area contributed by atoms with Crippen molar-refractivity contribution in [3.05, 3.63) is 107 Å². The molecule has 12 heteroatoms. The molecule has 232 valence electrons. The van der Waals surface area contributed by atoms with E-state index in [9.17, 15) is 25.9 Å². The summed E-state index contributed by atoms with van der Waals surface area (Å²) in [7, 11) is -8.12. The number of anilines is 1. The van der Waals surface area contributed by atoms with Gasteiger partial charge in [-0.25, -0.2) is 0 Å². The van der Waals surface area contributed by atoms with Gasteiger partial charge in [0.2, 0.25) is 5.52 Å². The lowest BCUT2D eigenvalue weighted by Gasteiger charge is -2.21. The Balaban J connectivity index is 1.29. The van der Waals surface area contributed by atoms with E-state index in [1.54, 1.807) is 23.1 Å². The number of rotatable bonds is 11. The van der Waals surface area contributed by atoms with Crippen LogP contribution in [-0.2, 0) is 26.8 Å². The number of benzene rings is 4. The number of aryl methyl sites for hydroxylation is 1. The molecule has 4 aromatic carbocycles. The molecule has 0 bridgehead atoms. The first-order valence-corrected chi connectivity index (χ1v) is 19.2. The van der Waals surface area contributed by atoms with Crippen molar-refractivity contribution in [3.8, 4) is 0 Å². The molecular weight excluding hydrogens is 649 g/mol. The molecule has 8 nitrogen and oxygen atoms in total. The second-order valence-electron chi connectivity index (χ2n) is 10.6. The van der Waals surface area contributed by atoms with Crippen molar-refractivity contribution < 1.29 is 30.5 Å². The third kappa shape index (κ3) is 7.32. The molecule has 1 aliphatic rings. The van der Waals surface area contributed by atoms with Crippen LogP contribution in [0.5, 0.6) is 0 Å². The van der Waals surface area contributed by atoms with Crippen molar-refractivity contribution in [3.63, 3.8) is 0 Å². The van der Waals surface area contributed by atoms with Crippen LogP contribution in [0.3, 0.4) is 0 Å². The van der Waals surface area contributed by atoms with E-state index in [2.05, 4.69) is 58.0 Å². The monoisotopic (exact) mass is 679 g/mol. The number of thioether (sulfide) groups is 1. The summed E-state index contributed by atoms with van der Waals surface area (Å²) in [6.07, 6.45) is 10.4. The van der Waals surface area contributed by atoms with Crippen LogP contribution in [0.4, 0.5) is 5.69 Å². The molecule has 0 unspecified atom stereocenters. The molecule has 0 fully saturated rings. The number of allylic oxidation sites excluding steroid dienone is 4. The molecule has 0 aliphatic carbocycles. The first-order chi connectivity index (χ1) is 21.6. The van der Waals surface area contributed by atoms with Gasteiger partial charge in [0.1, 0.15) is 4.70 Å². The van der Waals surface area contributed by atoms with E-state index in [-0.39, 0.29) is 24.3 Å². The Hall–Kier alpha value is -3.52. The van der Waals surface area contributed by atoms with Crippen LogP contribution in [0.1, 0.15) is 17.8 Å². The molecule has 0 saturated carbocycles. The van der Waals surface area contributed by atoms with Crippen LogP contribution in [-0.4, -0.2) is 44.0 Å². The van der Waals surface area contributed by atoms with Crippen molar-refractivity contribution in [2.75, 3.05) is 23.0 Å². The van der Waals surface area contributed by atoms with E-state index in [0.29, 0.717) is 13.1 Å². The molecule has 0 spiro atoms. The SMILES string of the molecule is O=S(=O)(O)CCCN1\C(=C/C=C/C=C/c2sc3ccc4ccccc4c3[n+]2CCCS(=O)(=O)O)Sc2ccc3ccccc3c21. The van der Waals surface area contributed by atoms with E-state index in [1.807, 2.05) is 54.6 Å². The van der Waals surface area contributed by atoms with Gasteiger partial charge >= 0.3 is 0 Å². The fourth-order valence-electron chi connectivity index (χ4n) is 5.59. The first-order valence-electron chi connectivity index (χ1n) is 14.3. The number of thiazole rings is 1. The molecule has 0 amide bonds. The van der Waals surface area contributed by atoms with Gasteiger partial charge in [0.15, 0.2) is 6.54 Å². The van der Waals surface area contributed by atoms with Crippen LogP contribution in [0, 0.1) is 0 Å². The summed E-state index contributed by atoms with van der Waals surface area (Å²) in [5, 5.41) is 6.26. The normalized spacial score (nSPS) is 15.1. The third-order valence-electron chi connectivity index (χ3n) is 7.50.